The molecule has 0 radical (unpaired) electrons. The smallest absolute Gasteiger partial charge is 0.315 e. The molecule has 1 aliphatic carbocycles. The fourth-order valence-electron chi connectivity index (χ4n) is 3.91. The van der Waals surface area contributed by atoms with Gasteiger partial charge in [0.15, 0.2) is 0 Å². The number of carbonyl (C=O) groups excluding carboxylic acids is 1. The van der Waals surface area contributed by atoms with E-state index in [1.54, 1.807) is 12.4 Å². The van der Waals surface area contributed by atoms with E-state index >= 15 is 0 Å². The second kappa shape index (κ2) is 9.02. The van der Waals surface area contributed by atoms with E-state index in [0.717, 1.165) is 37.4 Å². The second-order valence-electron chi connectivity index (χ2n) is 7.26. The number of likely N-dealkylation sites (tertiary alicyclic amines) is 1. The lowest BCUT2D eigenvalue weighted by molar-refractivity contribution is 0.155. The van der Waals surface area contributed by atoms with Crippen molar-refractivity contribution in [3.8, 4) is 0 Å². The quantitative estimate of drug-likeness (QED) is 0.873. The first-order valence-corrected chi connectivity index (χ1v) is 9.45. The summed E-state index contributed by atoms with van der Waals surface area (Å²) in [6.07, 6.45) is 12.7. The lowest BCUT2D eigenvalue weighted by Crippen LogP contribution is -2.48. The highest BCUT2D eigenvalue weighted by Gasteiger charge is 2.23. The highest BCUT2D eigenvalue weighted by molar-refractivity contribution is 5.74. The van der Waals surface area contributed by atoms with Gasteiger partial charge in [-0.25, -0.2) is 4.79 Å². The molecule has 1 aromatic heterocycles. The zero-order valence-corrected chi connectivity index (χ0v) is 14.5. The van der Waals surface area contributed by atoms with Crippen LogP contribution in [0.5, 0.6) is 0 Å². The minimum absolute atomic E-state index is 0.0578. The van der Waals surface area contributed by atoms with Crippen molar-refractivity contribution >= 4 is 6.03 Å². The number of pyridine rings is 1. The Bertz CT molecular complexity index is 493. The molecular formula is C19H30N4O. The largest absolute Gasteiger partial charge is 0.335 e. The molecule has 1 aromatic rings. The molecule has 3 rings (SSSR count). The Morgan fingerprint density at radius 1 is 1.08 bits per heavy atom. The maximum absolute atomic E-state index is 12.0. The van der Waals surface area contributed by atoms with Gasteiger partial charge in [0.25, 0.3) is 0 Å². The van der Waals surface area contributed by atoms with E-state index in [0.29, 0.717) is 12.6 Å². The van der Waals surface area contributed by atoms with Crippen molar-refractivity contribution in [2.45, 2.75) is 57.5 Å². The van der Waals surface area contributed by atoms with Gasteiger partial charge in [-0.15, -0.1) is 0 Å². The molecule has 132 valence electrons. The molecule has 2 aliphatic rings. The average molecular weight is 330 g/mol. The summed E-state index contributed by atoms with van der Waals surface area (Å²) in [7, 11) is 0. The topological polar surface area (TPSA) is 57.3 Å². The van der Waals surface area contributed by atoms with Crippen LogP contribution in [0.3, 0.4) is 0 Å². The zero-order valence-electron chi connectivity index (χ0n) is 14.5. The van der Waals surface area contributed by atoms with Crippen LogP contribution in [0.15, 0.2) is 24.5 Å². The monoisotopic (exact) mass is 330 g/mol. The molecule has 0 aromatic carbocycles. The molecule has 2 fully saturated rings. The molecule has 24 heavy (non-hydrogen) atoms. The molecule has 0 spiro atoms. The first-order valence-electron chi connectivity index (χ1n) is 9.45. The van der Waals surface area contributed by atoms with E-state index in [4.69, 9.17) is 0 Å². The molecule has 2 heterocycles. The van der Waals surface area contributed by atoms with E-state index in [-0.39, 0.29) is 6.03 Å². The van der Waals surface area contributed by atoms with Crippen molar-refractivity contribution in [2.75, 3.05) is 19.6 Å². The number of nitrogens with zero attached hydrogens (tertiary/aromatic N) is 2. The van der Waals surface area contributed by atoms with E-state index in [9.17, 15) is 4.79 Å². The number of amides is 2. The Labute approximate surface area is 145 Å². The van der Waals surface area contributed by atoms with Crippen LogP contribution in [-0.4, -0.2) is 41.6 Å². The van der Waals surface area contributed by atoms with Crippen molar-refractivity contribution in [1.82, 2.24) is 20.5 Å². The van der Waals surface area contributed by atoms with Crippen LogP contribution < -0.4 is 10.6 Å². The van der Waals surface area contributed by atoms with Gasteiger partial charge in [-0.2, -0.15) is 0 Å². The van der Waals surface area contributed by atoms with E-state index in [1.165, 1.54) is 38.6 Å². The van der Waals surface area contributed by atoms with Crippen molar-refractivity contribution in [2.24, 2.45) is 5.92 Å². The standard InChI is InChI=1S/C19H30N4O/c24-19(21-14-16-6-10-20-11-7-16)22-18-8-12-23(13-9-18)15-17-4-2-1-3-5-17/h6-7,10-11,17-18H,1-5,8-9,12-15H2,(H2,21,22,24). The zero-order chi connectivity index (χ0) is 16.6. The van der Waals surface area contributed by atoms with Crippen LogP contribution in [0.4, 0.5) is 4.79 Å². The van der Waals surface area contributed by atoms with Crippen LogP contribution in [0.1, 0.15) is 50.5 Å². The molecular weight excluding hydrogens is 300 g/mol. The maximum atomic E-state index is 12.0. The number of nitrogens with one attached hydrogen (secondary N) is 2. The minimum atomic E-state index is -0.0578. The van der Waals surface area contributed by atoms with Crippen molar-refractivity contribution in [3.63, 3.8) is 0 Å². The second-order valence-corrected chi connectivity index (χ2v) is 7.26. The van der Waals surface area contributed by atoms with Crippen LogP contribution in [0.25, 0.3) is 0 Å². The van der Waals surface area contributed by atoms with Gasteiger partial charge in [0.1, 0.15) is 0 Å². The first-order chi connectivity index (χ1) is 11.8. The number of hydrogen-bond donors (Lipinski definition) is 2. The molecule has 1 saturated carbocycles. The van der Waals surface area contributed by atoms with Crippen molar-refractivity contribution in [1.29, 1.82) is 0 Å². The van der Waals surface area contributed by atoms with E-state index in [1.807, 2.05) is 12.1 Å². The number of urea groups is 1. The number of hydrogen-bond acceptors (Lipinski definition) is 3. The third-order valence-corrected chi connectivity index (χ3v) is 5.37. The summed E-state index contributed by atoms with van der Waals surface area (Å²) < 4.78 is 0. The Morgan fingerprint density at radius 2 is 1.79 bits per heavy atom. The number of rotatable bonds is 5. The lowest BCUT2D eigenvalue weighted by atomic mass is 9.88. The van der Waals surface area contributed by atoms with Gasteiger partial charge in [-0.1, -0.05) is 19.3 Å². The van der Waals surface area contributed by atoms with Crippen LogP contribution >= 0.6 is 0 Å². The number of aromatic nitrogens is 1. The number of carbonyl (C=O) groups is 1. The van der Waals surface area contributed by atoms with Gasteiger partial charge >= 0.3 is 6.03 Å². The van der Waals surface area contributed by atoms with E-state index < -0.39 is 0 Å². The van der Waals surface area contributed by atoms with Crippen molar-refractivity contribution < 1.29 is 4.79 Å². The third kappa shape index (κ3) is 5.48. The molecule has 5 heteroatoms. The fraction of sp³-hybridized carbons (Fsp3) is 0.684. The van der Waals surface area contributed by atoms with Gasteiger partial charge < -0.3 is 15.5 Å². The normalized spacial score (nSPS) is 20.7. The fourth-order valence-corrected chi connectivity index (χ4v) is 3.91. The lowest BCUT2D eigenvalue weighted by Gasteiger charge is -2.35. The minimum Gasteiger partial charge on any atom is -0.335 e. The molecule has 2 amide bonds. The van der Waals surface area contributed by atoms with Gasteiger partial charge in [0.2, 0.25) is 0 Å². The van der Waals surface area contributed by atoms with Crippen LogP contribution in [0, 0.1) is 5.92 Å². The summed E-state index contributed by atoms with van der Waals surface area (Å²) in [4.78, 5) is 18.6. The summed E-state index contributed by atoms with van der Waals surface area (Å²) in [6.45, 7) is 4.05. The van der Waals surface area contributed by atoms with E-state index in [2.05, 4.69) is 20.5 Å². The Balaban J connectivity index is 1.32. The summed E-state index contributed by atoms with van der Waals surface area (Å²) in [6, 6.07) is 4.09. The summed E-state index contributed by atoms with van der Waals surface area (Å²) in [5.41, 5.74) is 1.07. The Hall–Kier alpha value is -1.62. The third-order valence-electron chi connectivity index (χ3n) is 5.37. The maximum Gasteiger partial charge on any atom is 0.315 e. The average Bonchev–Trinajstić information content (AvgIpc) is 2.63. The van der Waals surface area contributed by atoms with Gasteiger partial charge in [-0.3, -0.25) is 4.98 Å². The number of piperidine rings is 1. The first kappa shape index (κ1) is 17.2. The SMILES string of the molecule is O=C(NCc1ccncc1)NC1CCN(CC2CCCCC2)CC1. The summed E-state index contributed by atoms with van der Waals surface area (Å²) >= 11 is 0. The molecule has 0 atom stereocenters. The molecule has 0 bridgehead atoms. The highest BCUT2D eigenvalue weighted by Crippen LogP contribution is 2.25. The van der Waals surface area contributed by atoms with Crippen molar-refractivity contribution in [3.05, 3.63) is 30.1 Å². The molecule has 5 nitrogen and oxygen atoms in total. The van der Waals surface area contributed by atoms with Gasteiger partial charge in [0, 0.05) is 44.6 Å². The predicted octanol–water partition coefficient (Wildman–Crippen LogP) is 2.93. The van der Waals surface area contributed by atoms with Gasteiger partial charge in [-0.05, 0) is 49.3 Å². The van der Waals surface area contributed by atoms with Crippen LogP contribution in [-0.2, 0) is 6.54 Å². The molecule has 2 N–H and O–H groups in total. The van der Waals surface area contributed by atoms with Gasteiger partial charge in [0.05, 0.1) is 0 Å². The Morgan fingerprint density at radius 3 is 2.50 bits per heavy atom. The Kier molecular flexibility index (Phi) is 6.47. The summed E-state index contributed by atoms with van der Waals surface area (Å²) in [5, 5.41) is 6.05. The molecule has 0 unspecified atom stereocenters. The summed E-state index contributed by atoms with van der Waals surface area (Å²) in [5.74, 6) is 0.909. The molecule has 1 saturated heterocycles. The molecule has 1 aliphatic heterocycles. The predicted molar refractivity (Wildman–Crippen MR) is 95.6 cm³/mol. The highest BCUT2D eigenvalue weighted by atomic mass is 16.2. The van der Waals surface area contributed by atoms with Crippen LogP contribution in [0.2, 0.25) is 0 Å².